The van der Waals surface area contributed by atoms with Gasteiger partial charge in [-0.25, -0.2) is 0 Å². The molecule has 1 saturated carbocycles. The first-order chi connectivity index (χ1) is 11.6. The van der Waals surface area contributed by atoms with Crippen molar-refractivity contribution in [2.24, 2.45) is 0 Å². The highest BCUT2D eigenvalue weighted by Crippen LogP contribution is 2.30. The number of carbonyl (C=O) groups excluding carboxylic acids is 1. The molecule has 1 heterocycles. The van der Waals surface area contributed by atoms with E-state index in [1.54, 1.807) is 12.3 Å². The van der Waals surface area contributed by atoms with Gasteiger partial charge >= 0.3 is 0 Å². The molecule has 2 aromatic rings. The number of nitrogens with zero attached hydrogens (tertiary/aromatic N) is 1. The van der Waals surface area contributed by atoms with E-state index < -0.39 is 0 Å². The third-order valence-electron chi connectivity index (χ3n) is 4.89. The number of pyridine rings is 1. The first-order valence-corrected chi connectivity index (χ1v) is 8.85. The molecule has 5 nitrogen and oxygen atoms in total. The van der Waals surface area contributed by atoms with E-state index in [1.807, 2.05) is 19.1 Å². The molecule has 0 spiro atoms. The number of aromatic nitrogens is 1. The summed E-state index contributed by atoms with van der Waals surface area (Å²) >= 11 is 0. The van der Waals surface area contributed by atoms with Crippen LogP contribution in [0.25, 0.3) is 10.9 Å². The molecule has 0 atom stereocenters. The number of hydrogen-bond acceptors (Lipinski definition) is 3. The largest absolute Gasteiger partial charge is 0.398 e. The maximum Gasteiger partial charge on any atom is 0.256 e. The van der Waals surface area contributed by atoms with E-state index in [4.69, 9.17) is 5.73 Å². The van der Waals surface area contributed by atoms with Gasteiger partial charge in [0.25, 0.3) is 5.91 Å². The first kappa shape index (κ1) is 16.6. The molecule has 1 aromatic heterocycles. The number of nitrogens with one attached hydrogen (secondary N) is 1. The van der Waals surface area contributed by atoms with Gasteiger partial charge in [0.2, 0.25) is 5.43 Å². The normalized spacial score (nSPS) is 16.0. The van der Waals surface area contributed by atoms with E-state index in [9.17, 15) is 9.59 Å². The Balaban J connectivity index is 2.23. The Morgan fingerprint density at radius 3 is 2.62 bits per heavy atom. The van der Waals surface area contributed by atoms with Crippen LogP contribution in [-0.4, -0.2) is 17.0 Å². The molecule has 1 aromatic carbocycles. The smallest absolute Gasteiger partial charge is 0.256 e. The van der Waals surface area contributed by atoms with Crippen LogP contribution in [0.5, 0.6) is 0 Å². The molecule has 1 fully saturated rings. The van der Waals surface area contributed by atoms with Gasteiger partial charge in [-0.05, 0) is 31.9 Å². The summed E-state index contributed by atoms with van der Waals surface area (Å²) in [6, 6.07) is 5.84. The van der Waals surface area contributed by atoms with Gasteiger partial charge in [-0.15, -0.1) is 0 Å². The van der Waals surface area contributed by atoms with Crippen LogP contribution in [0.2, 0.25) is 0 Å². The molecule has 3 N–H and O–H groups in total. The number of fused-ring (bicyclic) bond motifs is 1. The maximum absolute atomic E-state index is 12.8. The number of anilines is 1. The Labute approximate surface area is 141 Å². The second-order valence-electron chi connectivity index (χ2n) is 6.53. The van der Waals surface area contributed by atoms with Gasteiger partial charge in [0, 0.05) is 24.5 Å². The third kappa shape index (κ3) is 3.03. The van der Waals surface area contributed by atoms with Gasteiger partial charge in [0.05, 0.1) is 10.9 Å². The third-order valence-corrected chi connectivity index (χ3v) is 4.89. The van der Waals surface area contributed by atoms with Gasteiger partial charge in [-0.3, -0.25) is 9.59 Å². The molecule has 0 bridgehead atoms. The van der Waals surface area contributed by atoms with Crippen LogP contribution in [0.3, 0.4) is 0 Å². The number of carbonyl (C=O) groups is 1. The average molecular weight is 327 g/mol. The zero-order valence-electron chi connectivity index (χ0n) is 14.2. The van der Waals surface area contributed by atoms with Crippen LogP contribution in [0.15, 0.2) is 29.2 Å². The molecule has 3 rings (SSSR count). The van der Waals surface area contributed by atoms with Crippen LogP contribution < -0.4 is 16.5 Å². The maximum atomic E-state index is 12.8. The standard InChI is InChI=1S/C19H25N3O2/c1-2-21-19(24)14-12-22(13-8-5-3-4-6-9-13)16-11-7-10-15(20)17(16)18(14)23/h7,10-13H,2-6,8-9,20H2,1H3,(H,21,24). The van der Waals surface area contributed by atoms with E-state index >= 15 is 0 Å². The van der Waals surface area contributed by atoms with Crippen molar-refractivity contribution >= 4 is 22.5 Å². The molecule has 0 saturated heterocycles. The van der Waals surface area contributed by atoms with Crippen molar-refractivity contribution in [2.75, 3.05) is 12.3 Å². The van der Waals surface area contributed by atoms with Crippen LogP contribution in [0.4, 0.5) is 5.69 Å². The number of benzene rings is 1. The Morgan fingerprint density at radius 2 is 1.96 bits per heavy atom. The van der Waals surface area contributed by atoms with Crippen molar-refractivity contribution in [1.29, 1.82) is 0 Å². The minimum Gasteiger partial charge on any atom is -0.398 e. The van der Waals surface area contributed by atoms with Crippen LogP contribution >= 0.6 is 0 Å². The van der Waals surface area contributed by atoms with E-state index in [0.29, 0.717) is 23.7 Å². The molecular formula is C19H25N3O2. The van der Waals surface area contributed by atoms with Gasteiger partial charge in [-0.1, -0.05) is 31.7 Å². The first-order valence-electron chi connectivity index (χ1n) is 8.85. The zero-order chi connectivity index (χ0) is 17.1. The molecule has 128 valence electrons. The van der Waals surface area contributed by atoms with Crippen molar-refractivity contribution in [3.8, 4) is 0 Å². The average Bonchev–Trinajstić information content (AvgIpc) is 2.84. The highest BCUT2D eigenvalue weighted by atomic mass is 16.2. The van der Waals surface area contributed by atoms with E-state index in [2.05, 4.69) is 9.88 Å². The number of rotatable bonds is 3. The quantitative estimate of drug-likeness (QED) is 0.671. The molecule has 0 aliphatic heterocycles. The minimum atomic E-state index is -0.324. The lowest BCUT2D eigenvalue weighted by atomic mass is 10.0. The molecule has 0 unspecified atom stereocenters. The summed E-state index contributed by atoms with van der Waals surface area (Å²) in [5.74, 6) is -0.324. The summed E-state index contributed by atoms with van der Waals surface area (Å²) < 4.78 is 2.11. The monoisotopic (exact) mass is 327 g/mol. The van der Waals surface area contributed by atoms with Crippen LogP contribution in [0.1, 0.15) is 61.8 Å². The van der Waals surface area contributed by atoms with E-state index in [1.165, 1.54) is 25.7 Å². The highest BCUT2D eigenvalue weighted by molar-refractivity contribution is 6.00. The predicted octanol–water partition coefficient (Wildman–Crippen LogP) is 3.23. The molecule has 5 heteroatoms. The van der Waals surface area contributed by atoms with Crippen molar-refractivity contribution in [3.63, 3.8) is 0 Å². The summed E-state index contributed by atoms with van der Waals surface area (Å²) in [5, 5.41) is 3.20. The summed E-state index contributed by atoms with van der Waals surface area (Å²) in [6.07, 6.45) is 8.74. The molecule has 1 amide bonds. The van der Waals surface area contributed by atoms with Crippen molar-refractivity contribution in [3.05, 3.63) is 40.2 Å². The molecule has 1 aliphatic rings. The van der Waals surface area contributed by atoms with Gasteiger partial charge in [0.1, 0.15) is 5.56 Å². The fourth-order valence-corrected chi connectivity index (χ4v) is 3.68. The number of hydrogen-bond donors (Lipinski definition) is 2. The van der Waals surface area contributed by atoms with Crippen molar-refractivity contribution in [2.45, 2.75) is 51.5 Å². The Kier molecular flexibility index (Phi) is 4.88. The predicted molar refractivity (Wildman–Crippen MR) is 97.4 cm³/mol. The molecule has 1 aliphatic carbocycles. The lowest BCUT2D eigenvalue weighted by Gasteiger charge is -2.22. The van der Waals surface area contributed by atoms with Gasteiger partial charge < -0.3 is 15.6 Å². The lowest BCUT2D eigenvalue weighted by Crippen LogP contribution is -2.30. The van der Waals surface area contributed by atoms with Gasteiger partial charge in [-0.2, -0.15) is 0 Å². The van der Waals surface area contributed by atoms with E-state index in [0.717, 1.165) is 18.4 Å². The fraction of sp³-hybridized carbons (Fsp3) is 0.474. The van der Waals surface area contributed by atoms with Crippen molar-refractivity contribution < 1.29 is 4.79 Å². The summed E-state index contributed by atoms with van der Waals surface area (Å²) in [4.78, 5) is 25.2. The van der Waals surface area contributed by atoms with Gasteiger partial charge in [0.15, 0.2) is 0 Å². The second-order valence-corrected chi connectivity index (χ2v) is 6.53. The Bertz CT molecular complexity index is 802. The minimum absolute atomic E-state index is 0.187. The summed E-state index contributed by atoms with van der Waals surface area (Å²) in [6.45, 7) is 2.33. The van der Waals surface area contributed by atoms with Crippen LogP contribution in [0, 0.1) is 0 Å². The lowest BCUT2D eigenvalue weighted by molar-refractivity contribution is 0.0954. The number of amides is 1. The summed E-state index contributed by atoms with van der Waals surface area (Å²) in [5.41, 5.74) is 7.26. The van der Waals surface area contributed by atoms with Crippen LogP contribution in [-0.2, 0) is 0 Å². The zero-order valence-corrected chi connectivity index (χ0v) is 14.2. The Morgan fingerprint density at radius 1 is 1.25 bits per heavy atom. The Hall–Kier alpha value is -2.30. The number of nitrogen functional groups attached to an aromatic ring is 1. The highest BCUT2D eigenvalue weighted by Gasteiger charge is 2.21. The molecule has 24 heavy (non-hydrogen) atoms. The van der Waals surface area contributed by atoms with Crippen molar-refractivity contribution in [1.82, 2.24) is 9.88 Å². The SMILES string of the molecule is CCNC(=O)c1cn(C2CCCCCC2)c2cccc(N)c2c1=O. The second kappa shape index (κ2) is 7.07. The van der Waals surface area contributed by atoms with E-state index in [-0.39, 0.29) is 16.9 Å². The molecule has 0 radical (unpaired) electrons. The number of nitrogens with two attached hydrogens (primary N) is 1. The topological polar surface area (TPSA) is 77.1 Å². The summed E-state index contributed by atoms with van der Waals surface area (Å²) in [7, 11) is 0. The molecular weight excluding hydrogens is 302 g/mol. The fourth-order valence-electron chi connectivity index (χ4n) is 3.68.